The summed E-state index contributed by atoms with van der Waals surface area (Å²) in [6.07, 6.45) is 2.51. The van der Waals surface area contributed by atoms with Gasteiger partial charge in [-0.05, 0) is 61.1 Å². The van der Waals surface area contributed by atoms with Crippen molar-refractivity contribution < 1.29 is 27.8 Å². The Morgan fingerprint density at radius 1 is 1.14 bits per heavy atom. The van der Waals surface area contributed by atoms with Crippen LogP contribution in [0, 0.1) is 11.7 Å². The Hall–Kier alpha value is -3.39. The topological polar surface area (TPSA) is 78.2 Å². The van der Waals surface area contributed by atoms with Crippen LogP contribution in [-0.2, 0) is 4.74 Å². The lowest BCUT2D eigenvalue weighted by Crippen LogP contribution is -2.36. The summed E-state index contributed by atoms with van der Waals surface area (Å²) in [5.41, 5.74) is 0.635. The van der Waals surface area contributed by atoms with Gasteiger partial charge in [-0.1, -0.05) is 19.9 Å². The highest BCUT2D eigenvalue weighted by Crippen LogP contribution is 2.41. The number of ether oxygens (including phenoxy) is 3. The summed E-state index contributed by atoms with van der Waals surface area (Å²) in [6.45, 7) is 5.75. The lowest BCUT2D eigenvalue weighted by Gasteiger charge is -2.28. The van der Waals surface area contributed by atoms with Crippen molar-refractivity contribution in [2.75, 3.05) is 26.9 Å². The van der Waals surface area contributed by atoms with E-state index in [9.17, 15) is 14.0 Å². The van der Waals surface area contributed by atoms with Crippen molar-refractivity contribution in [3.05, 3.63) is 69.3 Å². The van der Waals surface area contributed by atoms with E-state index < -0.39 is 17.3 Å². The highest BCUT2D eigenvalue weighted by atomic mass is 19.1. The molecule has 0 N–H and O–H groups in total. The maximum Gasteiger partial charge on any atom is 0.291 e. The molecule has 3 heterocycles. The van der Waals surface area contributed by atoms with Crippen molar-refractivity contribution in [1.82, 2.24) is 4.90 Å². The highest BCUT2D eigenvalue weighted by Gasteiger charge is 2.44. The summed E-state index contributed by atoms with van der Waals surface area (Å²) >= 11 is 0. The number of nitrogens with zero attached hydrogens (tertiary/aromatic N) is 1. The molecule has 2 atom stereocenters. The quantitative estimate of drug-likeness (QED) is 0.433. The Morgan fingerprint density at radius 3 is 2.69 bits per heavy atom. The number of halogens is 1. The summed E-state index contributed by atoms with van der Waals surface area (Å²) in [5, 5.41) is 0.103. The van der Waals surface area contributed by atoms with Crippen LogP contribution in [0.2, 0.25) is 0 Å². The first-order valence-electron chi connectivity index (χ1n) is 12.4. The third-order valence-corrected chi connectivity index (χ3v) is 6.81. The molecule has 1 aromatic heterocycles. The standard InChI is InChI=1S/C28H30FNO6/c1-16(2)10-12-35-22-8-6-17(13-23(22)33-3)25-24-26(31)20-14-18(29)7-9-21(20)36-27(24)28(32)30(25)15-19-5-4-11-34-19/h6-9,13-14,16,19,25H,4-5,10-12,15H2,1-3H3/t19-,25-/m0/s1. The van der Waals surface area contributed by atoms with Gasteiger partial charge >= 0.3 is 0 Å². The van der Waals surface area contributed by atoms with Gasteiger partial charge in [0, 0.05) is 13.2 Å². The van der Waals surface area contributed by atoms with Gasteiger partial charge in [0.2, 0.25) is 5.76 Å². The van der Waals surface area contributed by atoms with Crippen molar-refractivity contribution >= 4 is 16.9 Å². The second kappa shape index (κ2) is 9.93. The van der Waals surface area contributed by atoms with Gasteiger partial charge in [0.05, 0.1) is 36.8 Å². The average Bonchev–Trinajstić information content (AvgIpc) is 3.47. The van der Waals surface area contributed by atoms with Gasteiger partial charge in [-0.15, -0.1) is 0 Å². The fourth-order valence-corrected chi connectivity index (χ4v) is 4.91. The Labute approximate surface area is 208 Å². The van der Waals surface area contributed by atoms with Crippen LogP contribution in [0.15, 0.2) is 45.6 Å². The maximum atomic E-state index is 14.0. The molecule has 5 rings (SSSR count). The Kier molecular flexibility index (Phi) is 6.71. The zero-order chi connectivity index (χ0) is 25.4. The van der Waals surface area contributed by atoms with Crippen molar-refractivity contribution in [2.24, 2.45) is 5.92 Å². The van der Waals surface area contributed by atoms with Crippen LogP contribution in [0.1, 0.15) is 60.8 Å². The average molecular weight is 496 g/mol. The normalized spacial score (nSPS) is 19.4. The van der Waals surface area contributed by atoms with Crippen LogP contribution >= 0.6 is 0 Å². The van der Waals surface area contributed by atoms with Crippen molar-refractivity contribution in [3.8, 4) is 11.5 Å². The van der Waals surface area contributed by atoms with Gasteiger partial charge < -0.3 is 23.5 Å². The van der Waals surface area contributed by atoms with E-state index in [0.29, 0.717) is 42.7 Å². The third-order valence-electron chi connectivity index (χ3n) is 6.81. The van der Waals surface area contributed by atoms with Gasteiger partial charge in [-0.2, -0.15) is 0 Å². The van der Waals surface area contributed by atoms with Crippen LogP contribution in [0.5, 0.6) is 11.5 Å². The Balaban J connectivity index is 1.60. The number of hydrogen-bond donors (Lipinski definition) is 0. The minimum Gasteiger partial charge on any atom is -0.493 e. The molecule has 0 saturated carbocycles. The lowest BCUT2D eigenvalue weighted by atomic mass is 9.97. The van der Waals surface area contributed by atoms with Crippen LogP contribution in [-0.4, -0.2) is 43.8 Å². The van der Waals surface area contributed by atoms with E-state index in [2.05, 4.69) is 13.8 Å². The SMILES string of the molecule is COc1cc([C@H]2c3c(oc4ccc(F)cc4c3=O)C(=O)N2C[C@@H]2CCCO2)ccc1OCCC(C)C. The fraction of sp³-hybridized carbons (Fsp3) is 0.429. The zero-order valence-electron chi connectivity index (χ0n) is 20.7. The second-order valence-corrected chi connectivity index (χ2v) is 9.75. The smallest absolute Gasteiger partial charge is 0.291 e. The Bertz CT molecular complexity index is 1340. The summed E-state index contributed by atoms with van der Waals surface area (Å²) in [5.74, 6) is 0.650. The highest BCUT2D eigenvalue weighted by molar-refractivity contribution is 5.99. The van der Waals surface area contributed by atoms with Gasteiger partial charge in [0.1, 0.15) is 11.4 Å². The molecule has 1 fully saturated rings. The second-order valence-electron chi connectivity index (χ2n) is 9.75. The molecule has 190 valence electrons. The maximum absolute atomic E-state index is 14.0. The number of benzene rings is 2. The van der Waals surface area contributed by atoms with E-state index >= 15 is 0 Å². The molecule has 36 heavy (non-hydrogen) atoms. The van der Waals surface area contributed by atoms with Crippen LogP contribution in [0.25, 0.3) is 11.0 Å². The minimum absolute atomic E-state index is 0.0154. The summed E-state index contributed by atoms with van der Waals surface area (Å²) < 4.78 is 37.2. The summed E-state index contributed by atoms with van der Waals surface area (Å²) in [7, 11) is 1.55. The van der Waals surface area contributed by atoms with Crippen LogP contribution in [0.4, 0.5) is 4.39 Å². The van der Waals surface area contributed by atoms with Crippen LogP contribution < -0.4 is 14.9 Å². The monoisotopic (exact) mass is 495 g/mol. The zero-order valence-corrected chi connectivity index (χ0v) is 20.7. The predicted octanol–water partition coefficient (Wildman–Crippen LogP) is 5.09. The molecule has 1 amide bonds. The molecule has 0 radical (unpaired) electrons. The number of amides is 1. The van der Waals surface area contributed by atoms with Crippen molar-refractivity contribution in [2.45, 2.75) is 45.3 Å². The minimum atomic E-state index is -0.723. The van der Waals surface area contributed by atoms with E-state index in [0.717, 1.165) is 25.3 Å². The molecule has 0 spiro atoms. The first kappa shape index (κ1) is 24.3. The molecule has 0 aliphatic carbocycles. The molecule has 2 aliphatic rings. The number of rotatable bonds is 8. The first-order chi connectivity index (χ1) is 17.4. The molecule has 1 saturated heterocycles. The predicted molar refractivity (Wildman–Crippen MR) is 132 cm³/mol. The number of methoxy groups -OCH3 is 1. The fourth-order valence-electron chi connectivity index (χ4n) is 4.91. The van der Waals surface area contributed by atoms with Crippen molar-refractivity contribution in [1.29, 1.82) is 0 Å². The van der Waals surface area contributed by atoms with E-state index in [1.54, 1.807) is 24.1 Å². The lowest BCUT2D eigenvalue weighted by molar-refractivity contribution is 0.0486. The number of carbonyl (C=O) groups excluding carboxylic acids is 1. The molecule has 7 nitrogen and oxygen atoms in total. The molecule has 2 aliphatic heterocycles. The van der Waals surface area contributed by atoms with E-state index in [1.807, 2.05) is 6.07 Å². The molecular weight excluding hydrogens is 465 g/mol. The molecule has 3 aromatic rings. The largest absolute Gasteiger partial charge is 0.493 e. The number of fused-ring (bicyclic) bond motifs is 2. The molecule has 0 bridgehead atoms. The first-order valence-corrected chi connectivity index (χ1v) is 12.4. The van der Waals surface area contributed by atoms with E-state index in [1.165, 1.54) is 12.1 Å². The Morgan fingerprint density at radius 2 is 1.97 bits per heavy atom. The summed E-state index contributed by atoms with van der Waals surface area (Å²) in [4.78, 5) is 28.8. The van der Waals surface area contributed by atoms with Crippen LogP contribution in [0.3, 0.4) is 0 Å². The molecule has 2 aromatic carbocycles. The van der Waals surface area contributed by atoms with E-state index in [4.69, 9.17) is 18.6 Å². The van der Waals surface area contributed by atoms with E-state index in [-0.39, 0.29) is 34.3 Å². The third kappa shape index (κ3) is 4.46. The molecule has 0 unspecified atom stereocenters. The number of hydrogen-bond acceptors (Lipinski definition) is 6. The van der Waals surface area contributed by atoms with Gasteiger partial charge in [0.15, 0.2) is 16.9 Å². The van der Waals surface area contributed by atoms with Gasteiger partial charge in [0.25, 0.3) is 5.91 Å². The summed E-state index contributed by atoms with van der Waals surface area (Å²) in [6, 6.07) is 8.43. The molecular formula is C28H30FNO6. The van der Waals surface area contributed by atoms with Crippen molar-refractivity contribution in [3.63, 3.8) is 0 Å². The van der Waals surface area contributed by atoms with Gasteiger partial charge in [-0.25, -0.2) is 4.39 Å². The van der Waals surface area contributed by atoms with Gasteiger partial charge in [-0.3, -0.25) is 9.59 Å². The number of carbonyl (C=O) groups is 1. The molecule has 8 heteroatoms.